The summed E-state index contributed by atoms with van der Waals surface area (Å²) >= 11 is 0. The number of imidazole rings is 1. The number of aromatic nitrogens is 2. The second kappa shape index (κ2) is 5.65. The summed E-state index contributed by atoms with van der Waals surface area (Å²) in [5.74, 6) is 1.06. The Kier molecular flexibility index (Phi) is 4.71. The van der Waals surface area contributed by atoms with E-state index < -0.39 is 5.60 Å². The molecular formula is C13H25N3O. The third-order valence-electron chi connectivity index (χ3n) is 2.73. The van der Waals surface area contributed by atoms with E-state index in [-0.39, 0.29) is 0 Å². The predicted molar refractivity (Wildman–Crippen MR) is 69.9 cm³/mol. The van der Waals surface area contributed by atoms with E-state index in [4.69, 9.17) is 0 Å². The molecular weight excluding hydrogens is 214 g/mol. The highest BCUT2D eigenvalue weighted by atomic mass is 16.3. The molecule has 1 aromatic heterocycles. The molecule has 4 heteroatoms. The molecule has 0 aromatic carbocycles. The van der Waals surface area contributed by atoms with Crippen molar-refractivity contribution < 1.29 is 5.11 Å². The van der Waals surface area contributed by atoms with Gasteiger partial charge in [-0.25, -0.2) is 4.98 Å². The standard InChI is InChI=1S/C13H25N3O/c1-6-15(10-13(4,5)17)9-12-14-7-8-16(12)11(2)3/h7-8,11,17H,6,9-10H2,1-5H3. The van der Waals surface area contributed by atoms with Gasteiger partial charge in [-0.15, -0.1) is 0 Å². The number of aliphatic hydroxyl groups is 1. The quantitative estimate of drug-likeness (QED) is 0.826. The summed E-state index contributed by atoms with van der Waals surface area (Å²) in [6, 6.07) is 0.424. The lowest BCUT2D eigenvalue weighted by atomic mass is 10.1. The van der Waals surface area contributed by atoms with Crippen LogP contribution in [0.5, 0.6) is 0 Å². The molecule has 0 amide bonds. The van der Waals surface area contributed by atoms with Crippen molar-refractivity contribution in [2.24, 2.45) is 0 Å². The molecule has 4 nitrogen and oxygen atoms in total. The van der Waals surface area contributed by atoms with Crippen LogP contribution in [-0.2, 0) is 6.54 Å². The molecule has 0 bridgehead atoms. The van der Waals surface area contributed by atoms with Gasteiger partial charge in [0.15, 0.2) is 0 Å². The van der Waals surface area contributed by atoms with E-state index in [9.17, 15) is 5.11 Å². The maximum Gasteiger partial charge on any atom is 0.123 e. The number of likely N-dealkylation sites (N-methyl/N-ethyl adjacent to an activating group) is 1. The molecule has 0 atom stereocenters. The van der Waals surface area contributed by atoms with Crippen LogP contribution in [0.2, 0.25) is 0 Å². The molecule has 1 rings (SSSR count). The summed E-state index contributed by atoms with van der Waals surface area (Å²) in [6.07, 6.45) is 3.85. The summed E-state index contributed by atoms with van der Waals surface area (Å²) < 4.78 is 2.17. The Morgan fingerprint density at radius 2 is 2.12 bits per heavy atom. The minimum absolute atomic E-state index is 0.424. The van der Waals surface area contributed by atoms with Crippen LogP contribution in [0.25, 0.3) is 0 Å². The van der Waals surface area contributed by atoms with Crippen LogP contribution >= 0.6 is 0 Å². The zero-order valence-corrected chi connectivity index (χ0v) is 11.6. The summed E-state index contributed by atoms with van der Waals surface area (Å²) in [5, 5.41) is 9.86. The fraction of sp³-hybridized carbons (Fsp3) is 0.769. The zero-order valence-electron chi connectivity index (χ0n) is 11.6. The van der Waals surface area contributed by atoms with Gasteiger partial charge in [0.1, 0.15) is 5.82 Å². The lowest BCUT2D eigenvalue weighted by Gasteiger charge is -2.28. The Bertz CT molecular complexity index is 339. The fourth-order valence-corrected chi connectivity index (χ4v) is 1.96. The number of hydrogen-bond donors (Lipinski definition) is 1. The number of nitrogens with zero attached hydrogens (tertiary/aromatic N) is 3. The summed E-state index contributed by atoms with van der Waals surface area (Å²) in [6.45, 7) is 12.4. The summed E-state index contributed by atoms with van der Waals surface area (Å²) in [7, 11) is 0. The topological polar surface area (TPSA) is 41.3 Å². The monoisotopic (exact) mass is 239 g/mol. The molecule has 17 heavy (non-hydrogen) atoms. The fourth-order valence-electron chi connectivity index (χ4n) is 1.96. The van der Waals surface area contributed by atoms with Crippen molar-refractivity contribution in [3.05, 3.63) is 18.2 Å². The molecule has 1 heterocycles. The predicted octanol–water partition coefficient (Wildman–Crippen LogP) is 2.06. The highest BCUT2D eigenvalue weighted by Gasteiger charge is 2.19. The third-order valence-corrected chi connectivity index (χ3v) is 2.73. The largest absolute Gasteiger partial charge is 0.389 e. The molecule has 98 valence electrons. The summed E-state index contributed by atoms with van der Waals surface area (Å²) in [5.41, 5.74) is -0.661. The van der Waals surface area contributed by atoms with Crippen LogP contribution in [0.15, 0.2) is 12.4 Å². The van der Waals surface area contributed by atoms with Gasteiger partial charge in [-0.05, 0) is 34.2 Å². The first-order valence-electron chi connectivity index (χ1n) is 6.30. The van der Waals surface area contributed by atoms with Gasteiger partial charge in [0, 0.05) is 25.0 Å². The van der Waals surface area contributed by atoms with Gasteiger partial charge in [0.25, 0.3) is 0 Å². The lowest BCUT2D eigenvalue weighted by molar-refractivity contribution is 0.0341. The Balaban J connectivity index is 2.71. The van der Waals surface area contributed by atoms with Crippen LogP contribution in [-0.4, -0.2) is 38.2 Å². The van der Waals surface area contributed by atoms with Gasteiger partial charge in [0.2, 0.25) is 0 Å². The normalized spacial score (nSPS) is 12.7. The van der Waals surface area contributed by atoms with E-state index in [0.29, 0.717) is 12.6 Å². The first kappa shape index (κ1) is 14.2. The average Bonchev–Trinajstić information content (AvgIpc) is 2.62. The van der Waals surface area contributed by atoms with E-state index in [1.54, 1.807) is 0 Å². The van der Waals surface area contributed by atoms with Crippen molar-refractivity contribution in [3.8, 4) is 0 Å². The van der Waals surface area contributed by atoms with Gasteiger partial charge >= 0.3 is 0 Å². The molecule has 0 radical (unpaired) electrons. The first-order chi connectivity index (χ1) is 7.83. The summed E-state index contributed by atoms with van der Waals surface area (Å²) in [4.78, 5) is 6.60. The van der Waals surface area contributed by atoms with Crippen molar-refractivity contribution in [2.45, 2.75) is 52.8 Å². The highest BCUT2D eigenvalue weighted by Crippen LogP contribution is 2.12. The van der Waals surface area contributed by atoms with Crippen LogP contribution in [0.3, 0.4) is 0 Å². The Morgan fingerprint density at radius 1 is 1.47 bits per heavy atom. The lowest BCUT2D eigenvalue weighted by Crippen LogP contribution is -2.38. The molecule has 0 aliphatic heterocycles. The molecule has 0 saturated carbocycles. The van der Waals surface area contributed by atoms with Gasteiger partial charge in [0.05, 0.1) is 12.1 Å². The zero-order chi connectivity index (χ0) is 13.1. The molecule has 0 fully saturated rings. The molecule has 0 spiro atoms. The maximum absolute atomic E-state index is 9.86. The molecule has 0 unspecified atom stereocenters. The molecule has 1 aromatic rings. The minimum atomic E-state index is -0.661. The van der Waals surface area contributed by atoms with Gasteiger partial charge in [-0.1, -0.05) is 6.92 Å². The van der Waals surface area contributed by atoms with E-state index in [1.165, 1.54) is 0 Å². The number of hydrogen-bond acceptors (Lipinski definition) is 3. The van der Waals surface area contributed by atoms with Crippen molar-refractivity contribution in [2.75, 3.05) is 13.1 Å². The Labute approximate surface area is 104 Å². The first-order valence-corrected chi connectivity index (χ1v) is 6.30. The maximum atomic E-state index is 9.86. The van der Waals surface area contributed by atoms with E-state index in [0.717, 1.165) is 18.9 Å². The van der Waals surface area contributed by atoms with Crippen LogP contribution in [0, 0.1) is 0 Å². The van der Waals surface area contributed by atoms with E-state index in [2.05, 4.69) is 35.2 Å². The van der Waals surface area contributed by atoms with E-state index in [1.807, 2.05) is 26.2 Å². The SMILES string of the molecule is CCN(Cc1nccn1C(C)C)CC(C)(C)O. The van der Waals surface area contributed by atoms with Crippen LogP contribution in [0.4, 0.5) is 0 Å². The second-order valence-electron chi connectivity index (χ2n) is 5.46. The van der Waals surface area contributed by atoms with Crippen molar-refractivity contribution >= 4 is 0 Å². The smallest absolute Gasteiger partial charge is 0.123 e. The van der Waals surface area contributed by atoms with Crippen molar-refractivity contribution in [1.82, 2.24) is 14.5 Å². The van der Waals surface area contributed by atoms with Gasteiger partial charge in [-0.2, -0.15) is 0 Å². The Hall–Kier alpha value is -0.870. The van der Waals surface area contributed by atoms with Crippen molar-refractivity contribution in [1.29, 1.82) is 0 Å². The molecule has 0 saturated heterocycles. The Morgan fingerprint density at radius 3 is 2.59 bits per heavy atom. The van der Waals surface area contributed by atoms with Gasteiger partial charge in [-0.3, -0.25) is 4.90 Å². The third kappa shape index (κ3) is 4.48. The molecule has 0 aliphatic carbocycles. The average molecular weight is 239 g/mol. The van der Waals surface area contributed by atoms with Crippen LogP contribution < -0.4 is 0 Å². The molecule has 1 N–H and O–H groups in total. The number of rotatable bonds is 6. The van der Waals surface area contributed by atoms with Gasteiger partial charge < -0.3 is 9.67 Å². The molecule has 0 aliphatic rings. The minimum Gasteiger partial charge on any atom is -0.389 e. The van der Waals surface area contributed by atoms with Crippen LogP contribution in [0.1, 0.15) is 46.5 Å². The van der Waals surface area contributed by atoms with Crippen molar-refractivity contribution in [3.63, 3.8) is 0 Å². The van der Waals surface area contributed by atoms with E-state index >= 15 is 0 Å². The highest BCUT2D eigenvalue weighted by molar-refractivity contribution is 4.94. The second-order valence-corrected chi connectivity index (χ2v) is 5.46.